The summed E-state index contributed by atoms with van der Waals surface area (Å²) < 4.78 is 4.55. The van der Waals surface area contributed by atoms with Crippen molar-refractivity contribution in [2.45, 2.75) is 25.2 Å². The molecule has 1 saturated carbocycles. The molecule has 68 valence electrons. The maximum Gasteiger partial charge on any atom is 0.332 e. The zero-order valence-electron chi connectivity index (χ0n) is 6.86. The first-order valence-corrected chi connectivity index (χ1v) is 3.75. The second-order valence-corrected chi connectivity index (χ2v) is 3.10. The van der Waals surface area contributed by atoms with Gasteiger partial charge in [-0.1, -0.05) is 13.5 Å². The summed E-state index contributed by atoms with van der Waals surface area (Å²) >= 11 is 0. The van der Waals surface area contributed by atoms with Crippen LogP contribution in [0, 0.1) is 5.92 Å². The molecule has 0 radical (unpaired) electrons. The second-order valence-electron chi connectivity index (χ2n) is 3.10. The normalized spacial score (nSPS) is 39.9. The summed E-state index contributed by atoms with van der Waals surface area (Å²) in [5.74, 6) is -2.44. The van der Waals surface area contributed by atoms with Gasteiger partial charge in [0, 0.05) is 12.5 Å². The number of aliphatic hydroxyl groups is 2. The number of rotatable bonds is 2. The molecule has 1 aliphatic carbocycles. The summed E-state index contributed by atoms with van der Waals surface area (Å²) in [4.78, 5) is 10.7. The lowest BCUT2D eigenvalue weighted by atomic mass is 9.77. The molecule has 0 bridgehead atoms. The predicted molar refractivity (Wildman–Crippen MR) is 41.0 cm³/mol. The van der Waals surface area contributed by atoms with Gasteiger partial charge in [0.2, 0.25) is 5.79 Å². The summed E-state index contributed by atoms with van der Waals surface area (Å²) in [5, 5.41) is 18.6. The van der Waals surface area contributed by atoms with E-state index in [-0.39, 0.29) is 12.3 Å². The average molecular weight is 172 g/mol. The first-order chi connectivity index (χ1) is 5.49. The fourth-order valence-electron chi connectivity index (χ4n) is 1.30. The molecule has 3 atom stereocenters. The molecule has 0 aromatic carbocycles. The Morgan fingerprint density at radius 1 is 1.83 bits per heavy atom. The molecule has 0 aliphatic heterocycles. The minimum Gasteiger partial charge on any atom is -0.427 e. The molecular weight excluding hydrogens is 160 g/mol. The van der Waals surface area contributed by atoms with Crippen LogP contribution in [0.3, 0.4) is 0 Å². The van der Waals surface area contributed by atoms with Crippen molar-refractivity contribution in [1.29, 1.82) is 0 Å². The molecule has 12 heavy (non-hydrogen) atoms. The molecule has 3 unspecified atom stereocenters. The van der Waals surface area contributed by atoms with Gasteiger partial charge in [-0.15, -0.1) is 0 Å². The van der Waals surface area contributed by atoms with Crippen molar-refractivity contribution in [3.63, 3.8) is 0 Å². The lowest BCUT2D eigenvalue weighted by molar-refractivity contribution is -0.307. The van der Waals surface area contributed by atoms with Gasteiger partial charge in [0.1, 0.15) is 6.10 Å². The van der Waals surface area contributed by atoms with Crippen molar-refractivity contribution in [2.75, 3.05) is 0 Å². The third-order valence-corrected chi connectivity index (χ3v) is 2.06. The summed E-state index contributed by atoms with van der Waals surface area (Å²) in [6.07, 6.45) is 0.239. The lowest BCUT2D eigenvalue weighted by Crippen LogP contribution is -2.59. The molecule has 1 aliphatic rings. The number of carbonyl (C=O) groups excluding carboxylic acids is 1. The van der Waals surface area contributed by atoms with Gasteiger partial charge in [0.05, 0.1) is 0 Å². The fourth-order valence-corrected chi connectivity index (χ4v) is 1.30. The van der Waals surface area contributed by atoms with E-state index >= 15 is 0 Å². The van der Waals surface area contributed by atoms with Gasteiger partial charge < -0.3 is 14.9 Å². The lowest BCUT2D eigenvalue weighted by Gasteiger charge is -2.45. The van der Waals surface area contributed by atoms with Crippen molar-refractivity contribution in [3.8, 4) is 0 Å². The zero-order valence-corrected chi connectivity index (χ0v) is 6.86. The van der Waals surface area contributed by atoms with Gasteiger partial charge in [-0.2, -0.15) is 0 Å². The first-order valence-electron chi connectivity index (χ1n) is 3.75. The molecule has 0 heterocycles. The number of aliphatic hydroxyl groups excluding tert-OH is 1. The van der Waals surface area contributed by atoms with Crippen LogP contribution >= 0.6 is 0 Å². The SMILES string of the molecule is C=CC(=O)OC1(O)CC(C)C1O. The Morgan fingerprint density at radius 2 is 2.42 bits per heavy atom. The minimum atomic E-state index is -1.69. The first kappa shape index (κ1) is 9.22. The van der Waals surface area contributed by atoms with Crippen LogP contribution in [-0.2, 0) is 9.53 Å². The van der Waals surface area contributed by atoms with E-state index in [1.165, 1.54) is 0 Å². The van der Waals surface area contributed by atoms with Crippen LogP contribution in [0.15, 0.2) is 12.7 Å². The van der Waals surface area contributed by atoms with Gasteiger partial charge in [0.15, 0.2) is 0 Å². The molecule has 0 spiro atoms. The van der Waals surface area contributed by atoms with Gasteiger partial charge in [0.25, 0.3) is 0 Å². The van der Waals surface area contributed by atoms with Crippen LogP contribution in [0.2, 0.25) is 0 Å². The molecular formula is C8H12O4. The minimum absolute atomic E-state index is 0.0346. The highest BCUT2D eigenvalue weighted by Crippen LogP contribution is 2.38. The van der Waals surface area contributed by atoms with Gasteiger partial charge >= 0.3 is 5.97 Å². The number of hydrogen-bond donors (Lipinski definition) is 2. The Hall–Kier alpha value is -0.870. The molecule has 0 aromatic rings. The van der Waals surface area contributed by atoms with Crippen molar-refractivity contribution >= 4 is 5.97 Å². The standard InChI is InChI=1S/C8H12O4/c1-3-6(9)12-8(11)4-5(2)7(8)10/h3,5,7,10-11H,1,4H2,2H3. The van der Waals surface area contributed by atoms with Gasteiger partial charge in [-0.3, -0.25) is 0 Å². The summed E-state index contributed by atoms with van der Waals surface area (Å²) in [5.41, 5.74) is 0. The van der Waals surface area contributed by atoms with E-state index in [9.17, 15) is 15.0 Å². The number of ether oxygens (including phenoxy) is 1. The summed E-state index contributed by atoms with van der Waals surface area (Å²) in [6, 6.07) is 0. The summed E-state index contributed by atoms with van der Waals surface area (Å²) in [7, 11) is 0. The Bertz CT molecular complexity index is 213. The molecule has 1 rings (SSSR count). The quantitative estimate of drug-likeness (QED) is 0.344. The van der Waals surface area contributed by atoms with Crippen LogP contribution in [0.25, 0.3) is 0 Å². The number of carbonyl (C=O) groups is 1. The third kappa shape index (κ3) is 1.35. The highest BCUT2D eigenvalue weighted by Gasteiger charge is 2.53. The highest BCUT2D eigenvalue weighted by atomic mass is 16.7. The molecule has 4 heteroatoms. The third-order valence-electron chi connectivity index (χ3n) is 2.06. The van der Waals surface area contributed by atoms with Crippen LogP contribution in [0.1, 0.15) is 13.3 Å². The van der Waals surface area contributed by atoms with E-state index in [1.807, 2.05) is 0 Å². The second kappa shape index (κ2) is 2.88. The molecule has 0 amide bonds. The van der Waals surface area contributed by atoms with Crippen molar-refractivity contribution in [3.05, 3.63) is 12.7 Å². The van der Waals surface area contributed by atoms with Crippen molar-refractivity contribution in [1.82, 2.24) is 0 Å². The smallest absolute Gasteiger partial charge is 0.332 e. The monoisotopic (exact) mass is 172 g/mol. The number of hydrogen-bond acceptors (Lipinski definition) is 4. The predicted octanol–water partition coefficient (Wildman–Crippen LogP) is -0.195. The largest absolute Gasteiger partial charge is 0.427 e. The molecule has 0 aromatic heterocycles. The molecule has 0 saturated heterocycles. The molecule has 1 fully saturated rings. The van der Waals surface area contributed by atoms with E-state index in [4.69, 9.17) is 0 Å². The zero-order chi connectivity index (χ0) is 9.35. The summed E-state index contributed by atoms with van der Waals surface area (Å²) in [6.45, 7) is 4.94. The van der Waals surface area contributed by atoms with Crippen LogP contribution < -0.4 is 0 Å². The maximum atomic E-state index is 10.7. The van der Waals surface area contributed by atoms with Crippen molar-refractivity contribution < 1.29 is 19.7 Å². The Kier molecular flexibility index (Phi) is 2.21. The Morgan fingerprint density at radius 3 is 2.75 bits per heavy atom. The van der Waals surface area contributed by atoms with E-state index < -0.39 is 17.9 Å². The maximum absolute atomic E-state index is 10.7. The van der Waals surface area contributed by atoms with E-state index in [0.717, 1.165) is 6.08 Å². The fraction of sp³-hybridized carbons (Fsp3) is 0.625. The van der Waals surface area contributed by atoms with Crippen molar-refractivity contribution in [2.24, 2.45) is 5.92 Å². The van der Waals surface area contributed by atoms with Crippen LogP contribution in [0.5, 0.6) is 0 Å². The van der Waals surface area contributed by atoms with Crippen LogP contribution in [0.4, 0.5) is 0 Å². The Labute approximate surface area is 70.5 Å². The van der Waals surface area contributed by atoms with Gasteiger partial charge in [-0.05, 0) is 5.92 Å². The molecule has 2 N–H and O–H groups in total. The average Bonchev–Trinajstić information content (AvgIpc) is 2.03. The van der Waals surface area contributed by atoms with Crippen LogP contribution in [-0.4, -0.2) is 28.1 Å². The highest BCUT2D eigenvalue weighted by molar-refractivity contribution is 5.81. The van der Waals surface area contributed by atoms with E-state index in [2.05, 4.69) is 11.3 Å². The van der Waals surface area contributed by atoms with E-state index in [0.29, 0.717) is 0 Å². The van der Waals surface area contributed by atoms with Gasteiger partial charge in [-0.25, -0.2) is 4.79 Å². The topological polar surface area (TPSA) is 66.8 Å². The van der Waals surface area contributed by atoms with E-state index in [1.54, 1.807) is 6.92 Å². The molecule has 4 nitrogen and oxygen atoms in total. The Balaban J connectivity index is 2.52. The number of esters is 1.